The number of carbonyl (C=O) groups excluding carboxylic acids is 2. The van der Waals surface area contributed by atoms with Crippen LogP contribution in [0.15, 0.2) is 30.3 Å². The first-order chi connectivity index (χ1) is 11.7. The van der Waals surface area contributed by atoms with Gasteiger partial charge in [0.15, 0.2) is 23.6 Å². The van der Waals surface area contributed by atoms with E-state index >= 15 is 0 Å². The third-order valence-electron chi connectivity index (χ3n) is 3.04. The van der Waals surface area contributed by atoms with Crippen molar-refractivity contribution in [3.63, 3.8) is 0 Å². The zero-order valence-electron chi connectivity index (χ0n) is 12.6. The number of hydrogen-bond acceptors (Lipinski definition) is 3. The molecule has 9 heteroatoms. The van der Waals surface area contributed by atoms with Crippen molar-refractivity contribution >= 4 is 40.8 Å². The van der Waals surface area contributed by atoms with Crippen LogP contribution in [0.5, 0.6) is 0 Å². The molecule has 0 saturated heterocycles. The fourth-order valence-corrected chi connectivity index (χ4v) is 2.34. The summed E-state index contributed by atoms with van der Waals surface area (Å²) in [6.45, 7) is 1.22. The molecular formula is C16H10Cl2F3NO3. The van der Waals surface area contributed by atoms with Gasteiger partial charge in [0.1, 0.15) is 0 Å². The van der Waals surface area contributed by atoms with E-state index < -0.39 is 41.1 Å². The molecule has 25 heavy (non-hydrogen) atoms. The van der Waals surface area contributed by atoms with Crippen LogP contribution in [0.2, 0.25) is 10.0 Å². The Morgan fingerprint density at radius 3 is 2.24 bits per heavy atom. The number of hydrogen-bond donors (Lipinski definition) is 1. The summed E-state index contributed by atoms with van der Waals surface area (Å²) in [5, 5.41) is 2.40. The van der Waals surface area contributed by atoms with E-state index in [0.29, 0.717) is 6.07 Å². The van der Waals surface area contributed by atoms with Gasteiger partial charge in [-0.15, -0.1) is 0 Å². The molecule has 4 nitrogen and oxygen atoms in total. The summed E-state index contributed by atoms with van der Waals surface area (Å²) in [6, 6.07) is 5.47. The summed E-state index contributed by atoms with van der Waals surface area (Å²) in [6.07, 6.45) is -1.35. The lowest BCUT2D eigenvalue weighted by Gasteiger charge is -2.14. The quantitative estimate of drug-likeness (QED) is 0.612. The van der Waals surface area contributed by atoms with E-state index in [1.54, 1.807) is 0 Å². The first kappa shape index (κ1) is 19.1. The molecule has 0 saturated carbocycles. The summed E-state index contributed by atoms with van der Waals surface area (Å²) in [4.78, 5) is 23.9. The number of nitrogens with one attached hydrogen (secondary N) is 1. The van der Waals surface area contributed by atoms with Crippen molar-refractivity contribution in [2.45, 2.75) is 13.0 Å². The van der Waals surface area contributed by atoms with Crippen LogP contribution in [0, 0.1) is 17.5 Å². The Morgan fingerprint density at radius 1 is 1.04 bits per heavy atom. The van der Waals surface area contributed by atoms with Crippen LogP contribution in [0.4, 0.5) is 18.9 Å². The smallest absolute Gasteiger partial charge is 0.339 e. The summed E-state index contributed by atoms with van der Waals surface area (Å²) in [7, 11) is 0. The highest BCUT2D eigenvalue weighted by Gasteiger charge is 2.22. The van der Waals surface area contributed by atoms with E-state index in [-0.39, 0.29) is 15.6 Å². The van der Waals surface area contributed by atoms with Crippen LogP contribution in [0.25, 0.3) is 0 Å². The number of ether oxygens (including phenoxy) is 1. The normalized spacial score (nSPS) is 11.8. The Bertz CT molecular complexity index is 825. The van der Waals surface area contributed by atoms with Gasteiger partial charge >= 0.3 is 5.97 Å². The van der Waals surface area contributed by atoms with Crippen LogP contribution >= 0.6 is 23.2 Å². The van der Waals surface area contributed by atoms with Gasteiger partial charge in [0.2, 0.25) is 0 Å². The summed E-state index contributed by atoms with van der Waals surface area (Å²) in [5.41, 5.74) is -0.575. The number of amides is 1. The Kier molecular flexibility index (Phi) is 5.92. The Balaban J connectivity index is 2.07. The Morgan fingerprint density at radius 2 is 1.64 bits per heavy atom. The van der Waals surface area contributed by atoms with Gasteiger partial charge in [-0.1, -0.05) is 23.2 Å². The van der Waals surface area contributed by atoms with E-state index in [2.05, 4.69) is 0 Å². The fraction of sp³-hybridized carbons (Fsp3) is 0.125. The molecule has 0 spiro atoms. The van der Waals surface area contributed by atoms with Gasteiger partial charge in [-0.05, 0) is 37.3 Å². The Hall–Kier alpha value is -2.25. The average Bonchev–Trinajstić information content (AvgIpc) is 2.54. The van der Waals surface area contributed by atoms with Gasteiger partial charge in [-0.2, -0.15) is 0 Å². The number of anilines is 1. The molecule has 0 heterocycles. The highest BCUT2D eigenvalue weighted by atomic mass is 35.5. The zero-order valence-corrected chi connectivity index (χ0v) is 14.1. The van der Waals surface area contributed by atoms with E-state index in [4.69, 9.17) is 27.9 Å². The second-order valence-electron chi connectivity index (χ2n) is 4.92. The van der Waals surface area contributed by atoms with Crippen molar-refractivity contribution in [2.24, 2.45) is 0 Å². The van der Waals surface area contributed by atoms with Gasteiger partial charge in [0.25, 0.3) is 5.91 Å². The molecule has 0 radical (unpaired) electrons. The van der Waals surface area contributed by atoms with E-state index in [0.717, 1.165) is 6.07 Å². The average molecular weight is 392 g/mol. The second-order valence-corrected chi connectivity index (χ2v) is 5.79. The molecule has 0 aliphatic heterocycles. The van der Waals surface area contributed by atoms with Crippen molar-refractivity contribution in [1.29, 1.82) is 0 Å². The third kappa shape index (κ3) is 4.64. The molecule has 0 bridgehead atoms. The molecule has 0 aliphatic rings. The molecule has 132 valence electrons. The number of esters is 1. The minimum absolute atomic E-state index is 0.0103. The van der Waals surface area contributed by atoms with Gasteiger partial charge in [0.05, 0.1) is 11.3 Å². The lowest BCUT2D eigenvalue weighted by atomic mass is 10.2. The van der Waals surface area contributed by atoms with Crippen molar-refractivity contribution in [3.05, 3.63) is 63.4 Å². The van der Waals surface area contributed by atoms with Crippen molar-refractivity contribution in [1.82, 2.24) is 0 Å². The maximum absolute atomic E-state index is 13.5. The third-order valence-corrected chi connectivity index (χ3v) is 3.48. The minimum Gasteiger partial charge on any atom is -0.449 e. The highest BCUT2D eigenvalue weighted by Crippen LogP contribution is 2.21. The van der Waals surface area contributed by atoms with Gasteiger partial charge in [0, 0.05) is 10.0 Å². The predicted octanol–water partition coefficient (Wildman–Crippen LogP) is 4.59. The van der Waals surface area contributed by atoms with E-state index in [1.807, 2.05) is 5.32 Å². The van der Waals surface area contributed by atoms with Crippen LogP contribution in [0.3, 0.4) is 0 Å². The van der Waals surface area contributed by atoms with Crippen LogP contribution in [-0.4, -0.2) is 18.0 Å². The Labute approximate surface area is 150 Å². The highest BCUT2D eigenvalue weighted by molar-refractivity contribution is 6.35. The maximum Gasteiger partial charge on any atom is 0.339 e. The standard InChI is InChI=1S/C16H10Cl2F3NO3/c1-7(25-16(24)8-4-9(17)6-10(18)5-8)15(23)22-12-3-2-11(19)13(20)14(12)21/h2-7H,1H3,(H,22,23). The van der Waals surface area contributed by atoms with Crippen LogP contribution < -0.4 is 5.32 Å². The van der Waals surface area contributed by atoms with Crippen molar-refractivity contribution in [2.75, 3.05) is 5.32 Å². The summed E-state index contributed by atoms with van der Waals surface area (Å²) in [5.74, 6) is -6.51. The second kappa shape index (κ2) is 7.76. The monoisotopic (exact) mass is 391 g/mol. The maximum atomic E-state index is 13.5. The first-order valence-corrected chi connectivity index (χ1v) is 7.56. The van der Waals surface area contributed by atoms with Gasteiger partial charge in [-0.3, -0.25) is 4.79 Å². The van der Waals surface area contributed by atoms with Crippen LogP contribution in [-0.2, 0) is 9.53 Å². The fourth-order valence-electron chi connectivity index (χ4n) is 1.81. The number of carbonyl (C=O) groups is 2. The molecule has 0 aliphatic carbocycles. The van der Waals surface area contributed by atoms with E-state index in [9.17, 15) is 22.8 Å². The van der Waals surface area contributed by atoms with Crippen molar-refractivity contribution in [3.8, 4) is 0 Å². The summed E-state index contributed by atoms with van der Waals surface area (Å²) < 4.78 is 44.5. The number of rotatable bonds is 4. The number of benzene rings is 2. The first-order valence-electron chi connectivity index (χ1n) is 6.80. The summed E-state index contributed by atoms with van der Waals surface area (Å²) >= 11 is 11.5. The number of halogens is 5. The minimum atomic E-state index is -1.73. The zero-order chi connectivity index (χ0) is 18.7. The van der Waals surface area contributed by atoms with Gasteiger partial charge < -0.3 is 10.1 Å². The molecule has 2 aromatic rings. The van der Waals surface area contributed by atoms with Gasteiger partial charge in [-0.25, -0.2) is 18.0 Å². The molecule has 0 fully saturated rings. The molecule has 1 unspecified atom stereocenters. The molecule has 2 aromatic carbocycles. The lowest BCUT2D eigenvalue weighted by Crippen LogP contribution is -2.30. The van der Waals surface area contributed by atoms with Crippen LogP contribution in [0.1, 0.15) is 17.3 Å². The molecule has 1 N–H and O–H groups in total. The van der Waals surface area contributed by atoms with E-state index in [1.165, 1.54) is 25.1 Å². The molecular weight excluding hydrogens is 382 g/mol. The molecule has 0 aromatic heterocycles. The SMILES string of the molecule is CC(OC(=O)c1cc(Cl)cc(Cl)c1)C(=O)Nc1ccc(F)c(F)c1F. The molecule has 1 atom stereocenters. The van der Waals surface area contributed by atoms with Crippen molar-refractivity contribution < 1.29 is 27.5 Å². The molecule has 2 rings (SSSR count). The largest absolute Gasteiger partial charge is 0.449 e. The topological polar surface area (TPSA) is 55.4 Å². The molecule has 1 amide bonds. The lowest BCUT2D eigenvalue weighted by molar-refractivity contribution is -0.123. The predicted molar refractivity (Wildman–Crippen MR) is 86.3 cm³/mol.